The summed E-state index contributed by atoms with van der Waals surface area (Å²) in [5.74, 6) is 0.261. The molecule has 1 fully saturated rings. The van der Waals surface area contributed by atoms with Crippen molar-refractivity contribution in [1.29, 1.82) is 0 Å². The van der Waals surface area contributed by atoms with E-state index in [0.29, 0.717) is 18.5 Å². The van der Waals surface area contributed by atoms with Crippen LogP contribution >= 0.6 is 0 Å². The fraction of sp³-hybridized carbons (Fsp3) is 0.562. The van der Waals surface area contributed by atoms with Crippen LogP contribution in [0.3, 0.4) is 0 Å². The van der Waals surface area contributed by atoms with E-state index in [1.54, 1.807) is 0 Å². The molecule has 0 bridgehead atoms. The van der Waals surface area contributed by atoms with Crippen molar-refractivity contribution in [1.82, 2.24) is 10.2 Å². The Morgan fingerprint density at radius 3 is 2.74 bits per heavy atom. The molecular weight excluding hydrogens is 236 g/mol. The quantitative estimate of drug-likeness (QED) is 0.906. The zero-order valence-corrected chi connectivity index (χ0v) is 12.4. The highest BCUT2D eigenvalue weighted by Crippen LogP contribution is 2.21. The van der Waals surface area contributed by atoms with Gasteiger partial charge >= 0.3 is 0 Å². The number of benzene rings is 1. The molecule has 3 heteroatoms. The summed E-state index contributed by atoms with van der Waals surface area (Å²) < 4.78 is 0. The number of likely N-dealkylation sites (N-methyl/N-ethyl adjacent to an activating group) is 1. The van der Waals surface area contributed by atoms with Gasteiger partial charge in [0.25, 0.3) is 0 Å². The zero-order chi connectivity index (χ0) is 14.0. The van der Waals surface area contributed by atoms with Crippen molar-refractivity contribution in [2.75, 3.05) is 13.6 Å². The van der Waals surface area contributed by atoms with Crippen molar-refractivity contribution in [3.8, 4) is 0 Å². The van der Waals surface area contributed by atoms with E-state index in [9.17, 15) is 4.79 Å². The Labute approximate surface area is 116 Å². The maximum Gasteiger partial charge on any atom is 0.222 e. The number of amides is 1. The van der Waals surface area contributed by atoms with Gasteiger partial charge in [-0.2, -0.15) is 0 Å². The van der Waals surface area contributed by atoms with Gasteiger partial charge in [-0.05, 0) is 38.3 Å². The number of likely N-dealkylation sites (tertiary alicyclic amines) is 1. The second kappa shape index (κ2) is 5.74. The molecule has 1 amide bonds. The second-order valence-corrected chi connectivity index (χ2v) is 5.76. The summed E-state index contributed by atoms with van der Waals surface area (Å²) in [6.45, 7) is 7.30. The number of aryl methyl sites for hydroxylation is 2. The molecule has 0 saturated carbocycles. The molecule has 0 aliphatic carbocycles. The van der Waals surface area contributed by atoms with Crippen LogP contribution in [0.25, 0.3) is 0 Å². The van der Waals surface area contributed by atoms with Crippen LogP contribution < -0.4 is 5.32 Å². The minimum Gasteiger partial charge on any atom is -0.344 e. The maximum absolute atomic E-state index is 11.5. The lowest BCUT2D eigenvalue weighted by atomic mass is 9.98. The number of piperidine rings is 1. The van der Waals surface area contributed by atoms with E-state index in [-0.39, 0.29) is 5.91 Å². The average molecular weight is 260 g/mol. The Morgan fingerprint density at radius 2 is 2.11 bits per heavy atom. The van der Waals surface area contributed by atoms with E-state index < -0.39 is 0 Å². The van der Waals surface area contributed by atoms with Crippen molar-refractivity contribution in [2.24, 2.45) is 0 Å². The molecule has 3 nitrogen and oxygen atoms in total. The van der Waals surface area contributed by atoms with E-state index in [4.69, 9.17) is 0 Å². The SMILES string of the molecule is Cc1ccc(C(C)NC2CCC(=O)N(C)C2)c(C)c1. The molecule has 19 heavy (non-hydrogen) atoms. The van der Waals surface area contributed by atoms with E-state index in [1.165, 1.54) is 16.7 Å². The molecule has 1 heterocycles. The summed E-state index contributed by atoms with van der Waals surface area (Å²) in [6, 6.07) is 7.33. The Morgan fingerprint density at radius 1 is 1.37 bits per heavy atom. The van der Waals surface area contributed by atoms with Gasteiger partial charge in [0.05, 0.1) is 0 Å². The smallest absolute Gasteiger partial charge is 0.222 e. The summed E-state index contributed by atoms with van der Waals surface area (Å²) in [7, 11) is 1.89. The number of nitrogens with zero attached hydrogens (tertiary/aromatic N) is 1. The fourth-order valence-electron chi connectivity index (χ4n) is 2.90. The predicted octanol–water partition coefficient (Wildman–Crippen LogP) is 2.57. The van der Waals surface area contributed by atoms with Gasteiger partial charge in [0.1, 0.15) is 0 Å². The third-order valence-corrected chi connectivity index (χ3v) is 4.00. The third kappa shape index (κ3) is 3.35. The Hall–Kier alpha value is -1.35. The van der Waals surface area contributed by atoms with E-state index in [2.05, 4.69) is 44.3 Å². The highest BCUT2D eigenvalue weighted by molar-refractivity contribution is 5.76. The summed E-state index contributed by atoms with van der Waals surface area (Å²) >= 11 is 0. The number of nitrogens with one attached hydrogen (secondary N) is 1. The molecular formula is C16H24N2O. The molecule has 1 N–H and O–H groups in total. The fourth-order valence-corrected chi connectivity index (χ4v) is 2.90. The number of hydrogen-bond donors (Lipinski definition) is 1. The van der Waals surface area contributed by atoms with E-state index >= 15 is 0 Å². The molecule has 2 unspecified atom stereocenters. The molecule has 1 aliphatic heterocycles. The molecule has 2 atom stereocenters. The lowest BCUT2D eigenvalue weighted by Gasteiger charge is -2.32. The van der Waals surface area contributed by atoms with Crippen LogP contribution in [-0.4, -0.2) is 30.4 Å². The first kappa shape index (κ1) is 14.1. The molecule has 104 valence electrons. The van der Waals surface area contributed by atoms with Crippen LogP contribution in [0.1, 0.15) is 42.5 Å². The van der Waals surface area contributed by atoms with Crippen LogP contribution in [0, 0.1) is 13.8 Å². The molecule has 2 rings (SSSR count). The van der Waals surface area contributed by atoms with Crippen LogP contribution in [0.4, 0.5) is 0 Å². The summed E-state index contributed by atoms with van der Waals surface area (Å²) in [6.07, 6.45) is 1.60. The maximum atomic E-state index is 11.5. The highest BCUT2D eigenvalue weighted by Gasteiger charge is 2.24. The van der Waals surface area contributed by atoms with Crippen molar-refractivity contribution < 1.29 is 4.79 Å². The van der Waals surface area contributed by atoms with Gasteiger partial charge < -0.3 is 10.2 Å². The minimum atomic E-state index is 0.261. The third-order valence-electron chi connectivity index (χ3n) is 4.00. The molecule has 1 aromatic carbocycles. The number of carbonyl (C=O) groups excluding carboxylic acids is 1. The first-order valence-electron chi connectivity index (χ1n) is 7.04. The van der Waals surface area contributed by atoms with Gasteiger partial charge in [0, 0.05) is 32.1 Å². The van der Waals surface area contributed by atoms with Crippen molar-refractivity contribution in [3.63, 3.8) is 0 Å². The number of carbonyl (C=O) groups is 1. The lowest BCUT2D eigenvalue weighted by molar-refractivity contribution is -0.132. The molecule has 0 radical (unpaired) electrons. The average Bonchev–Trinajstić information content (AvgIpc) is 2.33. The van der Waals surface area contributed by atoms with Crippen LogP contribution in [0.2, 0.25) is 0 Å². The molecule has 1 saturated heterocycles. The first-order valence-corrected chi connectivity index (χ1v) is 7.04. The predicted molar refractivity (Wildman–Crippen MR) is 78.1 cm³/mol. The number of hydrogen-bond acceptors (Lipinski definition) is 2. The van der Waals surface area contributed by atoms with Gasteiger partial charge in [0.2, 0.25) is 5.91 Å². The standard InChI is InChI=1S/C16H24N2O/c1-11-5-7-15(12(2)9-11)13(3)17-14-6-8-16(19)18(4)10-14/h5,7,9,13-14,17H,6,8,10H2,1-4H3. The monoisotopic (exact) mass is 260 g/mol. The number of rotatable bonds is 3. The Kier molecular flexibility index (Phi) is 4.25. The summed E-state index contributed by atoms with van der Waals surface area (Å²) in [5.41, 5.74) is 3.99. The van der Waals surface area contributed by atoms with Crippen LogP contribution in [0.15, 0.2) is 18.2 Å². The molecule has 1 aliphatic rings. The van der Waals surface area contributed by atoms with Gasteiger partial charge in [-0.1, -0.05) is 23.8 Å². The van der Waals surface area contributed by atoms with Gasteiger partial charge in [-0.25, -0.2) is 0 Å². The van der Waals surface area contributed by atoms with Crippen LogP contribution in [-0.2, 0) is 4.79 Å². The van der Waals surface area contributed by atoms with Crippen molar-refractivity contribution in [2.45, 2.75) is 45.7 Å². The van der Waals surface area contributed by atoms with E-state index in [0.717, 1.165) is 13.0 Å². The Bertz CT molecular complexity index is 470. The minimum absolute atomic E-state index is 0.261. The van der Waals surface area contributed by atoms with Crippen LogP contribution in [0.5, 0.6) is 0 Å². The van der Waals surface area contributed by atoms with Crippen molar-refractivity contribution >= 4 is 5.91 Å². The topological polar surface area (TPSA) is 32.3 Å². The highest BCUT2D eigenvalue weighted by atomic mass is 16.2. The summed E-state index contributed by atoms with van der Waals surface area (Å²) in [4.78, 5) is 13.3. The zero-order valence-electron chi connectivity index (χ0n) is 12.4. The first-order chi connectivity index (χ1) is 8.97. The van der Waals surface area contributed by atoms with Gasteiger partial charge in [-0.15, -0.1) is 0 Å². The van der Waals surface area contributed by atoms with Crippen molar-refractivity contribution in [3.05, 3.63) is 34.9 Å². The Balaban J connectivity index is 2.01. The largest absolute Gasteiger partial charge is 0.344 e. The lowest BCUT2D eigenvalue weighted by Crippen LogP contribution is -2.47. The van der Waals surface area contributed by atoms with E-state index in [1.807, 2.05) is 11.9 Å². The molecule has 0 spiro atoms. The second-order valence-electron chi connectivity index (χ2n) is 5.76. The molecule has 1 aromatic rings. The molecule has 0 aromatic heterocycles. The normalized spacial score (nSPS) is 21.6. The van der Waals surface area contributed by atoms with Gasteiger partial charge in [-0.3, -0.25) is 4.79 Å². The van der Waals surface area contributed by atoms with Gasteiger partial charge in [0.15, 0.2) is 0 Å². The summed E-state index contributed by atoms with van der Waals surface area (Å²) in [5, 5.41) is 3.65.